The van der Waals surface area contributed by atoms with E-state index in [2.05, 4.69) is 10.8 Å². The first-order valence-electron chi connectivity index (χ1n) is 9.65. The molecule has 29 heavy (non-hydrogen) atoms. The van der Waals surface area contributed by atoms with Gasteiger partial charge in [-0.15, -0.1) is 0 Å². The highest BCUT2D eigenvalue weighted by Crippen LogP contribution is 2.31. The number of ether oxygens (including phenoxy) is 1. The van der Waals surface area contributed by atoms with Gasteiger partial charge in [0.1, 0.15) is 10.6 Å². The first-order chi connectivity index (χ1) is 13.5. The summed E-state index contributed by atoms with van der Waals surface area (Å²) in [5, 5.41) is 0. The van der Waals surface area contributed by atoms with Crippen molar-refractivity contribution in [1.29, 1.82) is 0 Å². The highest BCUT2D eigenvalue weighted by Gasteiger charge is 2.29. The summed E-state index contributed by atoms with van der Waals surface area (Å²) >= 11 is 0. The fraction of sp³-hybridized carbons (Fsp3) is 0.409. The average molecular weight is 417 g/mol. The van der Waals surface area contributed by atoms with Gasteiger partial charge in [0.15, 0.2) is 0 Å². The van der Waals surface area contributed by atoms with Crippen molar-refractivity contribution in [3.63, 3.8) is 0 Å². The molecule has 0 fully saturated rings. The summed E-state index contributed by atoms with van der Waals surface area (Å²) in [4.78, 5) is 15.0. The molecule has 1 aliphatic rings. The third-order valence-electron chi connectivity index (χ3n) is 4.74. The van der Waals surface area contributed by atoms with Gasteiger partial charge in [-0.3, -0.25) is 4.79 Å². The van der Waals surface area contributed by atoms with Crippen molar-refractivity contribution in [3.8, 4) is 5.75 Å². The Morgan fingerprint density at radius 3 is 2.52 bits per heavy atom. The van der Waals surface area contributed by atoms with Gasteiger partial charge in [-0.2, -0.15) is 0 Å². The van der Waals surface area contributed by atoms with E-state index in [0.29, 0.717) is 12.1 Å². The molecule has 6 nitrogen and oxygen atoms in total. The Balaban J connectivity index is 2.02. The number of anilines is 1. The van der Waals surface area contributed by atoms with Crippen LogP contribution in [0.5, 0.6) is 5.75 Å². The number of amides is 1. The lowest BCUT2D eigenvalue weighted by Crippen LogP contribution is -2.40. The molecule has 0 bridgehead atoms. The normalized spacial score (nSPS) is 14.4. The number of aryl methyl sites for hydroxylation is 2. The molecular weight excluding hydrogens is 388 g/mol. The molecule has 2 aromatic rings. The molecule has 0 radical (unpaired) electrons. The average Bonchev–Trinajstić information content (AvgIpc) is 2.64. The van der Waals surface area contributed by atoms with Crippen molar-refractivity contribution in [2.24, 2.45) is 0 Å². The van der Waals surface area contributed by atoms with Crippen LogP contribution in [0.2, 0.25) is 0 Å². The van der Waals surface area contributed by atoms with Gasteiger partial charge in [-0.25, -0.2) is 13.1 Å². The van der Waals surface area contributed by atoms with E-state index < -0.39 is 15.6 Å². The third kappa shape index (κ3) is 4.62. The van der Waals surface area contributed by atoms with Gasteiger partial charge >= 0.3 is 0 Å². The Bertz CT molecular complexity index is 1040. The maximum Gasteiger partial charge on any atom is 0.258 e. The summed E-state index contributed by atoms with van der Waals surface area (Å²) in [6.45, 7) is 7.92. The van der Waals surface area contributed by atoms with E-state index in [4.69, 9.17) is 4.74 Å². The molecule has 3 rings (SSSR count). The molecular formula is C22H28N2O4S. The lowest BCUT2D eigenvalue weighted by Gasteiger charge is -2.30. The zero-order valence-electron chi connectivity index (χ0n) is 17.6. The summed E-state index contributed by atoms with van der Waals surface area (Å²) in [7, 11) is -2.45. The second kappa shape index (κ2) is 7.80. The van der Waals surface area contributed by atoms with Crippen LogP contribution in [0.3, 0.4) is 0 Å². The number of nitrogens with zero attached hydrogens (tertiary/aromatic N) is 1. The number of hydrogen-bond donors (Lipinski definition) is 1. The number of hydrogen-bond acceptors (Lipinski definition) is 4. The quantitative estimate of drug-likeness (QED) is 0.825. The topological polar surface area (TPSA) is 75.7 Å². The van der Waals surface area contributed by atoms with Crippen LogP contribution in [-0.4, -0.2) is 33.5 Å². The van der Waals surface area contributed by atoms with Crippen molar-refractivity contribution >= 4 is 21.6 Å². The number of fused-ring (bicyclic) bond motifs is 1. The largest absolute Gasteiger partial charge is 0.495 e. The summed E-state index contributed by atoms with van der Waals surface area (Å²) < 4.78 is 33.7. The minimum Gasteiger partial charge on any atom is -0.495 e. The fourth-order valence-electron chi connectivity index (χ4n) is 3.57. The second-order valence-corrected chi connectivity index (χ2v) is 10.1. The van der Waals surface area contributed by atoms with Crippen LogP contribution in [0, 0.1) is 6.92 Å². The first-order valence-corrected chi connectivity index (χ1v) is 11.1. The van der Waals surface area contributed by atoms with Crippen molar-refractivity contribution in [1.82, 2.24) is 4.72 Å². The molecule has 2 aromatic carbocycles. The Kier molecular flexibility index (Phi) is 5.74. The van der Waals surface area contributed by atoms with Gasteiger partial charge in [0, 0.05) is 23.3 Å². The number of benzene rings is 2. The van der Waals surface area contributed by atoms with Crippen molar-refractivity contribution in [2.45, 2.75) is 51.0 Å². The van der Waals surface area contributed by atoms with Crippen LogP contribution in [-0.2, 0) is 16.4 Å². The molecule has 7 heteroatoms. The molecule has 1 aliphatic heterocycles. The maximum atomic E-state index is 13.3. The monoisotopic (exact) mass is 416 g/mol. The smallest absolute Gasteiger partial charge is 0.258 e. The van der Waals surface area contributed by atoms with E-state index in [0.717, 1.165) is 29.7 Å². The minimum absolute atomic E-state index is 0.0399. The number of nitrogens with one attached hydrogen (secondary N) is 1. The highest BCUT2D eigenvalue weighted by atomic mass is 32.2. The van der Waals surface area contributed by atoms with Crippen molar-refractivity contribution < 1.29 is 17.9 Å². The molecule has 1 amide bonds. The Hall–Kier alpha value is -2.38. The number of sulfonamides is 1. The number of rotatable bonds is 4. The Labute approximate surface area is 172 Å². The maximum absolute atomic E-state index is 13.3. The molecule has 0 aliphatic carbocycles. The van der Waals surface area contributed by atoms with Crippen molar-refractivity contribution in [3.05, 3.63) is 53.1 Å². The van der Waals surface area contributed by atoms with Gasteiger partial charge in [-0.1, -0.05) is 17.7 Å². The standard InChI is InChI=1S/C22H28N2O4S/c1-15-8-10-18-16(13-15)7-6-12-24(18)21(25)17-9-11-19(28-5)20(14-17)29(26,27)23-22(2,3)4/h8-11,13-14,23H,6-7,12H2,1-5H3. The number of carbonyl (C=O) groups is 1. The molecule has 1 heterocycles. The van der Waals surface area contributed by atoms with Gasteiger partial charge in [0.05, 0.1) is 7.11 Å². The van der Waals surface area contributed by atoms with Gasteiger partial charge in [0.25, 0.3) is 5.91 Å². The van der Waals surface area contributed by atoms with Gasteiger partial charge in [0.2, 0.25) is 10.0 Å². The lowest BCUT2D eigenvalue weighted by molar-refractivity contribution is 0.0985. The number of carbonyl (C=O) groups excluding carboxylic acids is 1. The number of methoxy groups -OCH3 is 1. The highest BCUT2D eigenvalue weighted by molar-refractivity contribution is 7.89. The Morgan fingerprint density at radius 1 is 1.14 bits per heavy atom. The summed E-state index contributed by atoms with van der Waals surface area (Å²) in [6.07, 6.45) is 1.80. The van der Waals surface area contributed by atoms with E-state index in [1.165, 1.54) is 19.2 Å². The molecule has 0 unspecified atom stereocenters. The summed E-state index contributed by atoms with van der Waals surface area (Å²) in [5.74, 6) is -0.0161. The van der Waals surface area contributed by atoms with E-state index in [1.807, 2.05) is 19.1 Å². The van der Waals surface area contributed by atoms with E-state index in [-0.39, 0.29) is 16.6 Å². The molecule has 0 atom stereocenters. The molecule has 0 aromatic heterocycles. The molecule has 0 saturated heterocycles. The molecule has 1 N–H and O–H groups in total. The van der Waals surface area contributed by atoms with Crippen LogP contribution in [0.25, 0.3) is 0 Å². The van der Waals surface area contributed by atoms with Crippen LogP contribution in [0.4, 0.5) is 5.69 Å². The summed E-state index contributed by atoms with van der Waals surface area (Å²) in [6, 6.07) is 10.6. The van der Waals surface area contributed by atoms with Crippen molar-refractivity contribution in [2.75, 3.05) is 18.6 Å². The first kappa shape index (κ1) is 21.3. The zero-order valence-corrected chi connectivity index (χ0v) is 18.4. The van der Waals surface area contributed by atoms with Crippen LogP contribution >= 0.6 is 0 Å². The minimum atomic E-state index is -3.86. The van der Waals surface area contributed by atoms with Gasteiger partial charge in [-0.05, 0) is 70.4 Å². The molecule has 0 spiro atoms. The predicted octanol–water partition coefficient (Wildman–Crippen LogP) is 3.67. The third-order valence-corrected chi connectivity index (χ3v) is 6.52. The Morgan fingerprint density at radius 2 is 1.86 bits per heavy atom. The van der Waals surface area contributed by atoms with E-state index in [9.17, 15) is 13.2 Å². The summed E-state index contributed by atoms with van der Waals surface area (Å²) in [5.41, 5.74) is 2.84. The van der Waals surface area contributed by atoms with E-state index >= 15 is 0 Å². The molecule has 0 saturated carbocycles. The van der Waals surface area contributed by atoms with E-state index in [1.54, 1.807) is 31.7 Å². The van der Waals surface area contributed by atoms with Crippen LogP contribution in [0.15, 0.2) is 41.3 Å². The van der Waals surface area contributed by atoms with Crippen LogP contribution < -0.4 is 14.4 Å². The predicted molar refractivity (Wildman–Crippen MR) is 114 cm³/mol. The van der Waals surface area contributed by atoms with Crippen LogP contribution in [0.1, 0.15) is 48.7 Å². The SMILES string of the molecule is COc1ccc(C(=O)N2CCCc3cc(C)ccc32)cc1S(=O)(=O)NC(C)(C)C. The van der Waals surface area contributed by atoms with Gasteiger partial charge < -0.3 is 9.64 Å². The zero-order chi connectivity index (χ0) is 21.4. The molecule has 156 valence electrons. The lowest BCUT2D eigenvalue weighted by atomic mass is 9.99. The second-order valence-electron chi connectivity index (χ2n) is 8.41. The fourth-order valence-corrected chi connectivity index (χ4v) is 5.19.